The number of hydrogen-bond donors (Lipinski definition) is 1. The van der Waals surface area contributed by atoms with Crippen LogP contribution in [0.4, 0.5) is 0 Å². The molecule has 3 nitrogen and oxygen atoms in total. The topological polar surface area (TPSA) is 46.5 Å². The third-order valence-electron chi connectivity index (χ3n) is 2.40. The maximum Gasteiger partial charge on any atom is 0.306 e. The number of ether oxygens (including phenoxy) is 1. The summed E-state index contributed by atoms with van der Waals surface area (Å²) in [6.45, 7) is 9.56. The highest BCUT2D eigenvalue weighted by molar-refractivity contribution is 6.68. The second-order valence-corrected chi connectivity index (χ2v) is 7.51. The van der Waals surface area contributed by atoms with E-state index in [1.165, 1.54) is 0 Å². The zero-order valence-electron chi connectivity index (χ0n) is 10.8. The second kappa shape index (κ2) is 6.99. The number of carbonyl (C=O) groups is 1. The fourth-order valence-electron chi connectivity index (χ4n) is 1.36. The summed E-state index contributed by atoms with van der Waals surface area (Å²) in [5.74, 6) is -1.07. The molecule has 0 aromatic heterocycles. The van der Waals surface area contributed by atoms with Crippen LogP contribution in [0.3, 0.4) is 0 Å². The van der Waals surface area contributed by atoms with E-state index in [0.29, 0.717) is 6.42 Å². The number of aliphatic carboxylic acids is 1. The van der Waals surface area contributed by atoms with E-state index in [1.54, 1.807) is 6.08 Å². The van der Waals surface area contributed by atoms with Crippen molar-refractivity contribution in [2.75, 3.05) is 0 Å². The Bertz CT molecular complexity index is 292. The van der Waals surface area contributed by atoms with Gasteiger partial charge in [0, 0.05) is 0 Å². The lowest BCUT2D eigenvalue weighted by Crippen LogP contribution is -2.39. The van der Waals surface area contributed by atoms with Crippen molar-refractivity contribution < 1.29 is 14.6 Å². The molecule has 0 saturated carbocycles. The lowest BCUT2D eigenvalue weighted by Gasteiger charge is -2.35. The molecule has 0 heterocycles. The van der Waals surface area contributed by atoms with E-state index in [1.807, 2.05) is 20.8 Å². The van der Waals surface area contributed by atoms with Crippen LogP contribution in [0.25, 0.3) is 0 Å². The van der Waals surface area contributed by atoms with E-state index in [0.717, 1.165) is 0 Å². The highest BCUT2D eigenvalue weighted by atomic mass is 35.6. The highest BCUT2D eigenvalue weighted by Crippen LogP contribution is 2.37. The van der Waals surface area contributed by atoms with Crippen LogP contribution in [0.1, 0.15) is 33.6 Å². The minimum atomic E-state index is -1.77. The highest BCUT2D eigenvalue weighted by Gasteiger charge is 2.39. The summed E-state index contributed by atoms with van der Waals surface area (Å²) < 4.78 is 3.91. The predicted molar refractivity (Wildman–Crippen MR) is 75.5 cm³/mol. The Balaban J connectivity index is 4.92. The molecule has 0 aliphatic rings. The Morgan fingerprint density at radius 3 is 2.11 bits per heavy atom. The number of alkyl halides is 3. The molecule has 0 saturated heterocycles. The standard InChI is InChI=1S/C12H19Cl3O3/c1-5-6-8(11(2,3)4)18-9(7-10(16)17)12(13,14)15/h5,8-9H,1,6-7H2,2-4H3,(H,16,17). The van der Waals surface area contributed by atoms with E-state index >= 15 is 0 Å². The third-order valence-corrected chi connectivity index (χ3v) is 3.13. The average Bonchev–Trinajstić information content (AvgIpc) is 2.11. The van der Waals surface area contributed by atoms with Gasteiger partial charge in [0.05, 0.1) is 12.5 Å². The lowest BCUT2D eigenvalue weighted by molar-refractivity contribution is -0.143. The Morgan fingerprint density at radius 1 is 1.33 bits per heavy atom. The monoisotopic (exact) mass is 316 g/mol. The van der Waals surface area contributed by atoms with Crippen LogP contribution in [0.2, 0.25) is 0 Å². The van der Waals surface area contributed by atoms with Crippen molar-refractivity contribution in [3.8, 4) is 0 Å². The maximum atomic E-state index is 10.8. The van der Waals surface area contributed by atoms with Crippen LogP contribution >= 0.6 is 34.8 Å². The molecule has 2 atom stereocenters. The van der Waals surface area contributed by atoms with Gasteiger partial charge in [0.15, 0.2) is 0 Å². The van der Waals surface area contributed by atoms with Crippen molar-refractivity contribution in [2.24, 2.45) is 5.41 Å². The van der Waals surface area contributed by atoms with E-state index in [-0.39, 0.29) is 17.9 Å². The molecular weight excluding hydrogens is 298 g/mol. The summed E-state index contributed by atoms with van der Waals surface area (Å²) in [5.41, 5.74) is -0.207. The van der Waals surface area contributed by atoms with Crippen LogP contribution in [-0.2, 0) is 9.53 Å². The lowest BCUT2D eigenvalue weighted by atomic mass is 9.87. The van der Waals surface area contributed by atoms with Crippen LogP contribution < -0.4 is 0 Å². The Labute approximate surface area is 123 Å². The first-order chi connectivity index (χ1) is 7.98. The van der Waals surface area contributed by atoms with E-state index in [9.17, 15) is 4.79 Å². The molecule has 0 aliphatic heterocycles. The number of carboxylic acid groups (broad SMARTS) is 1. The molecule has 0 bridgehead atoms. The van der Waals surface area contributed by atoms with Crippen molar-refractivity contribution >= 4 is 40.8 Å². The van der Waals surface area contributed by atoms with Gasteiger partial charge in [0.25, 0.3) is 0 Å². The summed E-state index contributed by atoms with van der Waals surface area (Å²) in [4.78, 5) is 10.8. The molecule has 0 rings (SSSR count). The van der Waals surface area contributed by atoms with E-state index in [2.05, 4.69) is 6.58 Å². The van der Waals surface area contributed by atoms with Gasteiger partial charge < -0.3 is 9.84 Å². The van der Waals surface area contributed by atoms with Crippen molar-refractivity contribution in [2.45, 2.75) is 49.6 Å². The van der Waals surface area contributed by atoms with Gasteiger partial charge >= 0.3 is 5.97 Å². The van der Waals surface area contributed by atoms with Crippen LogP contribution in [0, 0.1) is 5.41 Å². The van der Waals surface area contributed by atoms with Gasteiger partial charge in [0.1, 0.15) is 6.10 Å². The van der Waals surface area contributed by atoms with Gasteiger partial charge in [0.2, 0.25) is 3.79 Å². The molecule has 1 N–H and O–H groups in total. The quantitative estimate of drug-likeness (QED) is 0.589. The molecule has 6 heteroatoms. The first-order valence-corrected chi connectivity index (χ1v) is 6.66. The Hall–Kier alpha value is 0.0400. The number of halogens is 3. The molecule has 0 amide bonds. The molecule has 0 aliphatic carbocycles. The zero-order chi connectivity index (χ0) is 14.6. The van der Waals surface area contributed by atoms with Gasteiger partial charge in [-0.1, -0.05) is 61.7 Å². The first kappa shape index (κ1) is 18.0. The Morgan fingerprint density at radius 2 is 1.83 bits per heavy atom. The number of hydrogen-bond acceptors (Lipinski definition) is 2. The summed E-state index contributed by atoms with van der Waals surface area (Å²) >= 11 is 17.3. The van der Waals surface area contributed by atoms with Crippen LogP contribution in [-0.4, -0.2) is 27.1 Å². The molecule has 0 aromatic carbocycles. The Kier molecular flexibility index (Phi) is 7.01. The summed E-state index contributed by atoms with van der Waals surface area (Å²) in [6.07, 6.45) is 0.631. The van der Waals surface area contributed by atoms with Crippen LogP contribution in [0.5, 0.6) is 0 Å². The van der Waals surface area contributed by atoms with Crippen molar-refractivity contribution in [1.82, 2.24) is 0 Å². The predicted octanol–water partition coefficient (Wildman–Crippen LogP) is 4.21. The minimum Gasteiger partial charge on any atom is -0.481 e. The summed E-state index contributed by atoms with van der Waals surface area (Å²) in [5, 5.41) is 8.82. The van der Waals surface area contributed by atoms with Gasteiger partial charge in [-0.2, -0.15) is 0 Å². The minimum absolute atomic E-state index is 0.207. The van der Waals surface area contributed by atoms with Gasteiger partial charge in [-0.05, 0) is 11.8 Å². The normalized spacial score (nSPS) is 16.1. The van der Waals surface area contributed by atoms with Gasteiger partial charge in [-0.15, -0.1) is 6.58 Å². The smallest absolute Gasteiger partial charge is 0.306 e. The zero-order valence-corrected chi connectivity index (χ0v) is 13.0. The fraction of sp³-hybridized carbons (Fsp3) is 0.750. The maximum absolute atomic E-state index is 10.8. The van der Waals surface area contributed by atoms with Crippen molar-refractivity contribution in [3.63, 3.8) is 0 Å². The fourth-order valence-corrected chi connectivity index (χ4v) is 1.75. The SMILES string of the molecule is C=CCC(OC(CC(=O)O)C(Cl)(Cl)Cl)C(C)(C)C. The van der Waals surface area contributed by atoms with Gasteiger partial charge in [-0.3, -0.25) is 4.79 Å². The van der Waals surface area contributed by atoms with E-state index < -0.39 is 15.9 Å². The number of rotatable bonds is 6. The molecule has 0 fully saturated rings. The van der Waals surface area contributed by atoms with Crippen molar-refractivity contribution in [1.29, 1.82) is 0 Å². The number of carboxylic acids is 1. The van der Waals surface area contributed by atoms with Gasteiger partial charge in [-0.25, -0.2) is 0 Å². The molecule has 106 valence electrons. The summed E-state index contributed by atoms with van der Waals surface area (Å²) in [6, 6.07) is 0. The van der Waals surface area contributed by atoms with E-state index in [4.69, 9.17) is 44.6 Å². The molecule has 0 spiro atoms. The molecule has 18 heavy (non-hydrogen) atoms. The molecular formula is C12H19Cl3O3. The largest absolute Gasteiger partial charge is 0.481 e. The molecule has 0 radical (unpaired) electrons. The average molecular weight is 318 g/mol. The summed E-state index contributed by atoms with van der Waals surface area (Å²) in [7, 11) is 0. The second-order valence-electron chi connectivity index (χ2n) is 5.14. The van der Waals surface area contributed by atoms with Crippen molar-refractivity contribution in [3.05, 3.63) is 12.7 Å². The molecule has 2 unspecified atom stereocenters. The third kappa shape index (κ3) is 6.83. The van der Waals surface area contributed by atoms with Crippen LogP contribution in [0.15, 0.2) is 12.7 Å². The molecule has 0 aromatic rings. The first-order valence-electron chi connectivity index (χ1n) is 5.53.